The van der Waals surface area contributed by atoms with Crippen LogP contribution in [-0.4, -0.2) is 59.6 Å². The van der Waals surface area contributed by atoms with Crippen molar-refractivity contribution in [2.75, 3.05) is 33.4 Å². The number of hydrogen-bond donors (Lipinski definition) is 0. The molecule has 0 bridgehead atoms. The lowest BCUT2D eigenvalue weighted by Gasteiger charge is -2.28. The number of hydrogen-bond acceptors (Lipinski definition) is 4. The Labute approximate surface area is 220 Å². The zero-order valence-corrected chi connectivity index (χ0v) is 22.3. The Morgan fingerprint density at radius 2 is 1.65 bits per heavy atom. The maximum atomic E-state index is 13.6. The molecule has 0 aliphatic rings. The normalized spacial score (nSPS) is 10.8. The highest BCUT2D eigenvalue weighted by Gasteiger charge is 2.22. The molecule has 3 rings (SSSR count). The van der Waals surface area contributed by atoms with E-state index in [4.69, 9.17) is 9.47 Å². The van der Waals surface area contributed by atoms with E-state index in [1.165, 1.54) is 0 Å². The van der Waals surface area contributed by atoms with Gasteiger partial charge in [-0.25, -0.2) is 0 Å². The highest BCUT2D eigenvalue weighted by molar-refractivity contribution is 5.84. The van der Waals surface area contributed by atoms with Crippen molar-refractivity contribution in [1.29, 1.82) is 0 Å². The average molecular weight is 506 g/mol. The summed E-state index contributed by atoms with van der Waals surface area (Å²) in [6.45, 7) is 7.13. The molecule has 2 amide bonds. The number of benzene rings is 2. The fourth-order valence-corrected chi connectivity index (χ4v) is 4.23. The standard InChI is InChI=1S/C30H39N3O4/c1-4-29(34)32(18-11-19-37-5-2)24-30(35)33(21-25-12-7-6-8-13-25)23-27-15-10-17-31(27)22-26-14-9-16-28(20-26)36-3/h6-10,12-17,20H,4-5,11,18-19,21-24H2,1-3H3. The highest BCUT2D eigenvalue weighted by Crippen LogP contribution is 2.17. The topological polar surface area (TPSA) is 64.0 Å². The lowest BCUT2D eigenvalue weighted by Crippen LogP contribution is -2.43. The predicted octanol–water partition coefficient (Wildman–Crippen LogP) is 4.74. The summed E-state index contributed by atoms with van der Waals surface area (Å²) in [4.78, 5) is 29.7. The molecule has 7 nitrogen and oxygen atoms in total. The zero-order chi connectivity index (χ0) is 26.5. The molecule has 0 saturated heterocycles. The zero-order valence-electron chi connectivity index (χ0n) is 22.3. The monoisotopic (exact) mass is 505 g/mol. The van der Waals surface area contributed by atoms with Crippen LogP contribution in [0.2, 0.25) is 0 Å². The molecule has 0 N–H and O–H groups in total. The van der Waals surface area contributed by atoms with Crippen LogP contribution in [0.15, 0.2) is 72.9 Å². The predicted molar refractivity (Wildman–Crippen MR) is 145 cm³/mol. The molecule has 0 aliphatic heterocycles. The van der Waals surface area contributed by atoms with Gasteiger partial charge in [-0.3, -0.25) is 9.59 Å². The Morgan fingerprint density at radius 1 is 0.865 bits per heavy atom. The maximum Gasteiger partial charge on any atom is 0.242 e. The number of carbonyl (C=O) groups excluding carboxylic acids is 2. The van der Waals surface area contributed by atoms with Crippen LogP contribution in [0.5, 0.6) is 5.75 Å². The molecular formula is C30H39N3O4. The molecule has 3 aromatic rings. The summed E-state index contributed by atoms with van der Waals surface area (Å²) < 4.78 is 13.0. The van der Waals surface area contributed by atoms with E-state index in [2.05, 4.69) is 10.6 Å². The minimum Gasteiger partial charge on any atom is -0.497 e. The summed E-state index contributed by atoms with van der Waals surface area (Å²) in [5, 5.41) is 0. The molecule has 37 heavy (non-hydrogen) atoms. The number of rotatable bonds is 15. The van der Waals surface area contributed by atoms with E-state index in [-0.39, 0.29) is 18.4 Å². The summed E-state index contributed by atoms with van der Waals surface area (Å²) in [5.74, 6) is 0.721. The summed E-state index contributed by atoms with van der Waals surface area (Å²) in [7, 11) is 1.66. The third kappa shape index (κ3) is 8.79. The molecule has 0 radical (unpaired) electrons. The van der Waals surface area contributed by atoms with Crippen LogP contribution in [0.1, 0.15) is 43.5 Å². The fourth-order valence-electron chi connectivity index (χ4n) is 4.23. The number of methoxy groups -OCH3 is 1. The van der Waals surface area contributed by atoms with Crippen LogP contribution in [0, 0.1) is 0 Å². The quantitative estimate of drug-likeness (QED) is 0.280. The largest absolute Gasteiger partial charge is 0.497 e. The first kappa shape index (κ1) is 28.0. The van der Waals surface area contributed by atoms with Crippen LogP contribution >= 0.6 is 0 Å². The van der Waals surface area contributed by atoms with E-state index in [0.29, 0.717) is 52.2 Å². The average Bonchev–Trinajstić information content (AvgIpc) is 3.36. The fraction of sp³-hybridized carbons (Fsp3) is 0.400. The van der Waals surface area contributed by atoms with E-state index in [1.54, 1.807) is 12.0 Å². The summed E-state index contributed by atoms with van der Waals surface area (Å²) >= 11 is 0. The van der Waals surface area contributed by atoms with Crippen LogP contribution in [0.3, 0.4) is 0 Å². The first-order valence-electron chi connectivity index (χ1n) is 13.0. The molecule has 1 heterocycles. The van der Waals surface area contributed by atoms with Gasteiger partial charge in [-0.2, -0.15) is 0 Å². The van der Waals surface area contributed by atoms with Gasteiger partial charge in [0.25, 0.3) is 0 Å². The maximum absolute atomic E-state index is 13.6. The number of nitrogens with zero attached hydrogens (tertiary/aromatic N) is 3. The van der Waals surface area contributed by atoms with Gasteiger partial charge in [0.1, 0.15) is 5.75 Å². The van der Waals surface area contributed by atoms with Gasteiger partial charge >= 0.3 is 0 Å². The summed E-state index contributed by atoms with van der Waals surface area (Å²) in [6.07, 6.45) is 3.10. The summed E-state index contributed by atoms with van der Waals surface area (Å²) in [6, 6.07) is 22.0. The summed E-state index contributed by atoms with van der Waals surface area (Å²) in [5.41, 5.74) is 3.19. The Balaban J connectivity index is 1.77. The van der Waals surface area contributed by atoms with Crippen molar-refractivity contribution in [2.24, 2.45) is 0 Å². The number of carbonyl (C=O) groups is 2. The van der Waals surface area contributed by atoms with Crippen molar-refractivity contribution in [3.63, 3.8) is 0 Å². The van der Waals surface area contributed by atoms with Gasteiger partial charge in [0.2, 0.25) is 11.8 Å². The van der Waals surface area contributed by atoms with E-state index < -0.39 is 0 Å². The lowest BCUT2D eigenvalue weighted by atomic mass is 10.2. The highest BCUT2D eigenvalue weighted by atomic mass is 16.5. The first-order valence-corrected chi connectivity index (χ1v) is 13.0. The third-order valence-electron chi connectivity index (χ3n) is 6.23. The molecule has 0 fully saturated rings. The molecule has 0 saturated carbocycles. The lowest BCUT2D eigenvalue weighted by molar-refractivity contribution is -0.141. The van der Waals surface area contributed by atoms with E-state index in [9.17, 15) is 9.59 Å². The smallest absolute Gasteiger partial charge is 0.242 e. The van der Waals surface area contributed by atoms with Gasteiger partial charge in [-0.15, -0.1) is 0 Å². The van der Waals surface area contributed by atoms with Crippen LogP contribution < -0.4 is 4.74 Å². The van der Waals surface area contributed by atoms with Gasteiger partial charge < -0.3 is 23.8 Å². The molecule has 1 aromatic heterocycles. The van der Waals surface area contributed by atoms with E-state index in [0.717, 1.165) is 22.6 Å². The molecule has 198 valence electrons. The minimum absolute atomic E-state index is 0.0223. The molecule has 2 aromatic carbocycles. The Hall–Kier alpha value is -3.58. The van der Waals surface area contributed by atoms with Crippen LogP contribution in [0.4, 0.5) is 0 Å². The van der Waals surface area contributed by atoms with E-state index >= 15 is 0 Å². The van der Waals surface area contributed by atoms with Crippen LogP contribution in [-0.2, 0) is 34.0 Å². The van der Waals surface area contributed by atoms with Crippen molar-refractivity contribution in [2.45, 2.75) is 46.3 Å². The Kier molecular flexibility index (Phi) is 11.2. The van der Waals surface area contributed by atoms with Crippen molar-refractivity contribution in [3.8, 4) is 5.75 Å². The minimum atomic E-state index is -0.0730. The molecule has 7 heteroatoms. The SMILES string of the molecule is CCOCCCN(CC(=O)N(Cc1ccccc1)Cc1cccn1Cc1cccc(OC)c1)C(=O)CC. The van der Waals surface area contributed by atoms with Gasteiger partial charge in [-0.05, 0) is 48.7 Å². The van der Waals surface area contributed by atoms with Crippen LogP contribution in [0.25, 0.3) is 0 Å². The number of ether oxygens (including phenoxy) is 2. The van der Waals surface area contributed by atoms with Crippen molar-refractivity contribution >= 4 is 11.8 Å². The molecule has 0 aliphatic carbocycles. The third-order valence-corrected chi connectivity index (χ3v) is 6.23. The number of aromatic nitrogens is 1. The van der Waals surface area contributed by atoms with Gasteiger partial charge in [0.15, 0.2) is 0 Å². The van der Waals surface area contributed by atoms with Crippen molar-refractivity contribution in [1.82, 2.24) is 14.4 Å². The second-order valence-electron chi connectivity index (χ2n) is 8.93. The Morgan fingerprint density at radius 3 is 2.38 bits per heavy atom. The van der Waals surface area contributed by atoms with Gasteiger partial charge in [0.05, 0.1) is 20.2 Å². The molecule has 0 spiro atoms. The van der Waals surface area contributed by atoms with Crippen molar-refractivity contribution < 1.29 is 19.1 Å². The van der Waals surface area contributed by atoms with Crippen molar-refractivity contribution in [3.05, 3.63) is 89.7 Å². The van der Waals surface area contributed by atoms with Gasteiger partial charge in [0, 0.05) is 51.2 Å². The van der Waals surface area contributed by atoms with E-state index in [1.807, 2.05) is 85.6 Å². The second-order valence-corrected chi connectivity index (χ2v) is 8.93. The van der Waals surface area contributed by atoms with Gasteiger partial charge in [-0.1, -0.05) is 49.4 Å². The molecule has 0 atom stereocenters. The first-order chi connectivity index (χ1) is 18.0. The number of amides is 2. The Bertz CT molecular complexity index is 1110. The molecular weight excluding hydrogens is 466 g/mol. The second kappa shape index (κ2) is 14.9. The molecule has 0 unspecified atom stereocenters.